The SMILES string of the molecule is OC(CNc1cc(F)c(F)cc1F)c1ccco1. The lowest BCUT2D eigenvalue weighted by molar-refractivity contribution is 0.162. The number of hydrogen-bond donors (Lipinski definition) is 2. The number of benzene rings is 1. The Bertz CT molecular complexity index is 528. The van der Waals surface area contributed by atoms with Crippen molar-refractivity contribution in [2.75, 3.05) is 11.9 Å². The molecule has 2 aromatic rings. The molecule has 6 heteroatoms. The van der Waals surface area contributed by atoms with E-state index in [1.54, 1.807) is 12.1 Å². The summed E-state index contributed by atoms with van der Waals surface area (Å²) < 4.78 is 43.8. The molecule has 1 unspecified atom stereocenters. The maximum absolute atomic E-state index is 13.2. The smallest absolute Gasteiger partial charge is 0.161 e. The van der Waals surface area contributed by atoms with Crippen molar-refractivity contribution in [3.05, 3.63) is 53.7 Å². The van der Waals surface area contributed by atoms with Crippen molar-refractivity contribution in [1.82, 2.24) is 0 Å². The lowest BCUT2D eigenvalue weighted by Gasteiger charge is -2.11. The van der Waals surface area contributed by atoms with Gasteiger partial charge >= 0.3 is 0 Å². The quantitative estimate of drug-likeness (QED) is 0.828. The number of aliphatic hydroxyl groups is 1. The van der Waals surface area contributed by atoms with Gasteiger partial charge in [-0.1, -0.05) is 0 Å². The van der Waals surface area contributed by atoms with Crippen LogP contribution in [0.5, 0.6) is 0 Å². The van der Waals surface area contributed by atoms with Gasteiger partial charge in [0.2, 0.25) is 0 Å². The second-order valence-corrected chi connectivity index (χ2v) is 3.66. The third kappa shape index (κ3) is 2.65. The Labute approximate surface area is 101 Å². The lowest BCUT2D eigenvalue weighted by atomic mass is 10.2. The zero-order chi connectivity index (χ0) is 13.1. The molecular weight excluding hydrogens is 247 g/mol. The summed E-state index contributed by atoms with van der Waals surface area (Å²) in [5.74, 6) is -3.05. The van der Waals surface area contributed by atoms with Gasteiger partial charge in [-0.15, -0.1) is 0 Å². The van der Waals surface area contributed by atoms with Gasteiger partial charge < -0.3 is 14.8 Å². The van der Waals surface area contributed by atoms with Crippen LogP contribution in [0.4, 0.5) is 18.9 Å². The van der Waals surface area contributed by atoms with Gasteiger partial charge in [-0.2, -0.15) is 0 Å². The maximum atomic E-state index is 13.2. The van der Waals surface area contributed by atoms with Crippen molar-refractivity contribution < 1.29 is 22.7 Å². The molecule has 1 aromatic carbocycles. The Morgan fingerprint density at radius 1 is 1.17 bits per heavy atom. The first-order valence-electron chi connectivity index (χ1n) is 5.18. The summed E-state index contributed by atoms with van der Waals surface area (Å²) >= 11 is 0. The summed E-state index contributed by atoms with van der Waals surface area (Å²) in [6.07, 6.45) is 0.379. The van der Waals surface area contributed by atoms with Crippen LogP contribution in [0.15, 0.2) is 34.9 Å². The first-order valence-corrected chi connectivity index (χ1v) is 5.18. The average Bonchev–Trinajstić information content (AvgIpc) is 2.85. The van der Waals surface area contributed by atoms with Crippen LogP contribution in [0.1, 0.15) is 11.9 Å². The molecule has 0 radical (unpaired) electrons. The molecule has 3 nitrogen and oxygen atoms in total. The van der Waals surface area contributed by atoms with Crippen molar-refractivity contribution in [3.8, 4) is 0 Å². The van der Waals surface area contributed by atoms with Gasteiger partial charge in [0, 0.05) is 18.7 Å². The fraction of sp³-hybridized carbons (Fsp3) is 0.167. The molecule has 0 aliphatic carbocycles. The molecule has 2 rings (SSSR count). The van der Waals surface area contributed by atoms with Crippen LogP contribution in [-0.4, -0.2) is 11.7 Å². The first-order chi connectivity index (χ1) is 8.58. The predicted molar refractivity (Wildman–Crippen MR) is 58.5 cm³/mol. The summed E-state index contributed by atoms with van der Waals surface area (Å²) in [6.45, 7) is -0.0878. The van der Waals surface area contributed by atoms with Gasteiger partial charge in [-0.3, -0.25) is 0 Å². The second-order valence-electron chi connectivity index (χ2n) is 3.66. The standard InChI is InChI=1S/C12H10F3NO2/c13-7-4-9(15)10(5-8(7)14)16-6-11(17)12-2-1-3-18-12/h1-5,11,16-17H,6H2. The number of nitrogens with one attached hydrogen (secondary N) is 1. The molecule has 0 bridgehead atoms. The minimum Gasteiger partial charge on any atom is -0.467 e. The van der Waals surface area contributed by atoms with Crippen LogP contribution < -0.4 is 5.32 Å². The summed E-state index contributed by atoms with van der Waals surface area (Å²) in [7, 11) is 0. The molecule has 0 saturated carbocycles. The van der Waals surface area contributed by atoms with E-state index < -0.39 is 23.6 Å². The highest BCUT2D eigenvalue weighted by atomic mass is 19.2. The van der Waals surface area contributed by atoms with E-state index in [2.05, 4.69) is 5.32 Å². The number of halogens is 3. The van der Waals surface area contributed by atoms with Crippen molar-refractivity contribution in [2.24, 2.45) is 0 Å². The predicted octanol–water partition coefficient (Wildman–Crippen LogP) is 2.84. The fourth-order valence-corrected chi connectivity index (χ4v) is 1.45. The van der Waals surface area contributed by atoms with E-state index in [0.29, 0.717) is 17.9 Å². The molecule has 0 fully saturated rings. The Balaban J connectivity index is 2.04. The van der Waals surface area contributed by atoms with Gasteiger partial charge in [0.05, 0.1) is 12.0 Å². The molecule has 0 aliphatic heterocycles. The molecule has 1 atom stereocenters. The highest BCUT2D eigenvalue weighted by molar-refractivity contribution is 5.45. The van der Waals surface area contributed by atoms with Crippen molar-refractivity contribution in [3.63, 3.8) is 0 Å². The van der Waals surface area contributed by atoms with Gasteiger partial charge in [0.25, 0.3) is 0 Å². The van der Waals surface area contributed by atoms with E-state index in [-0.39, 0.29) is 12.2 Å². The minimum atomic E-state index is -1.26. The van der Waals surface area contributed by atoms with Crippen LogP contribution in [0.3, 0.4) is 0 Å². The van der Waals surface area contributed by atoms with Gasteiger partial charge in [0.1, 0.15) is 17.7 Å². The summed E-state index contributed by atoms with van der Waals surface area (Å²) in [5, 5.41) is 12.1. The zero-order valence-electron chi connectivity index (χ0n) is 9.16. The summed E-state index contributed by atoms with van der Waals surface area (Å²) in [5.41, 5.74) is -0.223. The van der Waals surface area contributed by atoms with Crippen molar-refractivity contribution in [1.29, 1.82) is 0 Å². The van der Waals surface area contributed by atoms with Gasteiger partial charge in [-0.05, 0) is 12.1 Å². The van der Waals surface area contributed by atoms with Crippen LogP contribution >= 0.6 is 0 Å². The van der Waals surface area contributed by atoms with Crippen LogP contribution in [-0.2, 0) is 0 Å². The van der Waals surface area contributed by atoms with E-state index >= 15 is 0 Å². The molecular formula is C12H10F3NO2. The van der Waals surface area contributed by atoms with Gasteiger partial charge in [-0.25, -0.2) is 13.2 Å². The van der Waals surface area contributed by atoms with Crippen LogP contribution in [0.2, 0.25) is 0 Å². The lowest BCUT2D eigenvalue weighted by Crippen LogP contribution is -2.12. The van der Waals surface area contributed by atoms with Gasteiger partial charge in [0.15, 0.2) is 11.6 Å². The fourth-order valence-electron chi connectivity index (χ4n) is 1.45. The molecule has 1 aromatic heterocycles. The zero-order valence-corrected chi connectivity index (χ0v) is 9.16. The third-order valence-corrected chi connectivity index (χ3v) is 2.37. The molecule has 0 aliphatic rings. The van der Waals surface area contributed by atoms with E-state index in [1.807, 2.05) is 0 Å². The van der Waals surface area contributed by atoms with E-state index in [9.17, 15) is 18.3 Å². The monoisotopic (exact) mass is 257 g/mol. The molecule has 1 heterocycles. The summed E-state index contributed by atoms with van der Waals surface area (Å²) in [6, 6.07) is 4.28. The molecule has 0 spiro atoms. The molecule has 96 valence electrons. The second kappa shape index (κ2) is 5.14. The number of hydrogen-bond acceptors (Lipinski definition) is 3. The Morgan fingerprint density at radius 2 is 1.89 bits per heavy atom. The van der Waals surface area contributed by atoms with Crippen LogP contribution in [0.25, 0.3) is 0 Å². The highest BCUT2D eigenvalue weighted by Crippen LogP contribution is 2.20. The average molecular weight is 257 g/mol. The minimum absolute atomic E-state index is 0.0878. The van der Waals surface area contributed by atoms with Crippen molar-refractivity contribution in [2.45, 2.75) is 6.10 Å². The summed E-state index contributed by atoms with van der Waals surface area (Å²) in [4.78, 5) is 0. The maximum Gasteiger partial charge on any atom is 0.161 e. The third-order valence-electron chi connectivity index (χ3n) is 2.37. The molecule has 18 heavy (non-hydrogen) atoms. The van der Waals surface area contributed by atoms with E-state index in [1.165, 1.54) is 6.26 Å². The Morgan fingerprint density at radius 3 is 2.56 bits per heavy atom. The number of aliphatic hydroxyl groups excluding tert-OH is 1. The van der Waals surface area contributed by atoms with Crippen molar-refractivity contribution >= 4 is 5.69 Å². The number of rotatable bonds is 4. The highest BCUT2D eigenvalue weighted by Gasteiger charge is 2.13. The van der Waals surface area contributed by atoms with Crippen LogP contribution in [0, 0.1) is 17.5 Å². The normalized spacial score (nSPS) is 12.4. The number of anilines is 1. The van der Waals surface area contributed by atoms with E-state index in [0.717, 1.165) is 0 Å². The molecule has 0 amide bonds. The topological polar surface area (TPSA) is 45.4 Å². The van der Waals surface area contributed by atoms with E-state index in [4.69, 9.17) is 4.42 Å². The Kier molecular flexibility index (Phi) is 3.57. The molecule has 0 saturated heterocycles. The largest absolute Gasteiger partial charge is 0.467 e. The first kappa shape index (κ1) is 12.5. The molecule has 2 N–H and O–H groups in total. The Hall–Kier alpha value is -1.95. The number of furan rings is 1.